The minimum atomic E-state index is -0.0206. The number of amides is 1. The van der Waals surface area contributed by atoms with E-state index in [1.165, 1.54) is 0 Å². The number of carbonyl (C=O) groups is 1. The smallest absolute Gasteiger partial charge is 0.273 e. The second kappa shape index (κ2) is 10.1. The molecule has 2 aromatic heterocycles. The van der Waals surface area contributed by atoms with Gasteiger partial charge in [-0.15, -0.1) is 0 Å². The van der Waals surface area contributed by atoms with Crippen LogP contribution in [0.15, 0.2) is 36.5 Å². The quantitative estimate of drug-likeness (QED) is 0.532. The molecular weight excluding hydrogens is 442 g/mol. The Labute approximate surface area is 206 Å². The van der Waals surface area contributed by atoms with Crippen LogP contribution < -0.4 is 10.2 Å². The second-order valence-electron chi connectivity index (χ2n) is 9.44. The molecule has 0 spiro atoms. The van der Waals surface area contributed by atoms with Crippen LogP contribution in [0.3, 0.4) is 0 Å². The average Bonchev–Trinajstić information content (AvgIpc) is 3.23. The summed E-state index contributed by atoms with van der Waals surface area (Å²) < 4.78 is 5.22. The predicted octanol–water partition coefficient (Wildman–Crippen LogP) is 2.77. The zero-order valence-corrected chi connectivity index (χ0v) is 20.7. The molecule has 1 fully saturated rings. The molecule has 0 unspecified atom stereocenters. The van der Waals surface area contributed by atoms with Crippen LogP contribution >= 0.6 is 0 Å². The summed E-state index contributed by atoms with van der Waals surface area (Å²) in [5.41, 5.74) is 3.43. The molecule has 0 saturated carbocycles. The highest BCUT2D eigenvalue weighted by molar-refractivity contribution is 5.98. The number of piperazine rings is 1. The van der Waals surface area contributed by atoms with Gasteiger partial charge in [0.25, 0.3) is 5.91 Å². The van der Waals surface area contributed by atoms with Crippen LogP contribution in [0, 0.1) is 0 Å². The maximum atomic E-state index is 13.2. The number of aromatic nitrogens is 3. The van der Waals surface area contributed by atoms with Crippen molar-refractivity contribution in [1.82, 2.24) is 24.8 Å². The van der Waals surface area contributed by atoms with Crippen molar-refractivity contribution >= 4 is 28.6 Å². The van der Waals surface area contributed by atoms with Gasteiger partial charge in [-0.3, -0.25) is 14.7 Å². The lowest BCUT2D eigenvalue weighted by atomic mass is 10.1. The van der Waals surface area contributed by atoms with Crippen molar-refractivity contribution in [2.75, 3.05) is 56.7 Å². The van der Waals surface area contributed by atoms with Crippen LogP contribution in [-0.4, -0.2) is 83.1 Å². The van der Waals surface area contributed by atoms with Crippen LogP contribution in [0.2, 0.25) is 0 Å². The summed E-state index contributed by atoms with van der Waals surface area (Å²) in [5, 5.41) is 4.60. The standard InChI is InChI=1S/C26H33N7O2/c1-18(2)33-17-21-23(25(33)34)29-26(32-10-8-31(9-11-32)12-13-35-3)30-24(21)28-16-19-14-20-6-4-5-7-22(20)27-15-19/h4-7,14-15,18H,8-13,16-17H2,1-3H3,(H,28,29,30). The maximum Gasteiger partial charge on any atom is 0.273 e. The van der Waals surface area contributed by atoms with Gasteiger partial charge in [-0.25, -0.2) is 4.98 Å². The molecule has 0 bridgehead atoms. The molecule has 2 aliphatic rings. The Morgan fingerprint density at radius 3 is 2.69 bits per heavy atom. The van der Waals surface area contributed by atoms with Crippen molar-refractivity contribution in [3.63, 3.8) is 0 Å². The lowest BCUT2D eigenvalue weighted by molar-refractivity contribution is 0.0726. The van der Waals surface area contributed by atoms with Gasteiger partial charge in [0, 0.05) is 69.6 Å². The summed E-state index contributed by atoms with van der Waals surface area (Å²) in [4.78, 5) is 33.8. The number of pyridine rings is 1. The minimum absolute atomic E-state index is 0.0206. The first-order valence-electron chi connectivity index (χ1n) is 12.3. The molecule has 1 aromatic carbocycles. The Hall–Kier alpha value is -3.30. The van der Waals surface area contributed by atoms with E-state index in [1.807, 2.05) is 43.1 Å². The summed E-state index contributed by atoms with van der Waals surface area (Å²) in [6.07, 6.45) is 1.89. The fourth-order valence-electron chi connectivity index (χ4n) is 4.67. The molecule has 9 nitrogen and oxygen atoms in total. The van der Waals surface area contributed by atoms with Crippen LogP contribution in [0.1, 0.15) is 35.5 Å². The van der Waals surface area contributed by atoms with Gasteiger partial charge in [0.1, 0.15) is 11.5 Å². The molecule has 184 valence electrons. The van der Waals surface area contributed by atoms with Gasteiger partial charge in [0.05, 0.1) is 18.7 Å². The highest BCUT2D eigenvalue weighted by atomic mass is 16.5. The molecule has 0 aliphatic carbocycles. The summed E-state index contributed by atoms with van der Waals surface area (Å²) in [7, 11) is 1.73. The number of benzene rings is 1. The van der Waals surface area contributed by atoms with Gasteiger partial charge in [-0.1, -0.05) is 18.2 Å². The van der Waals surface area contributed by atoms with E-state index in [1.54, 1.807) is 7.11 Å². The van der Waals surface area contributed by atoms with Crippen LogP contribution in [0.4, 0.5) is 11.8 Å². The van der Waals surface area contributed by atoms with Gasteiger partial charge in [0.2, 0.25) is 5.95 Å². The number of nitrogens with zero attached hydrogens (tertiary/aromatic N) is 6. The van der Waals surface area contributed by atoms with Crippen molar-refractivity contribution in [3.8, 4) is 0 Å². The van der Waals surface area contributed by atoms with Gasteiger partial charge >= 0.3 is 0 Å². The third-order valence-corrected chi connectivity index (χ3v) is 6.78. The lowest BCUT2D eigenvalue weighted by Gasteiger charge is -2.34. The highest BCUT2D eigenvalue weighted by Gasteiger charge is 2.35. The van der Waals surface area contributed by atoms with Crippen LogP contribution in [0.25, 0.3) is 10.9 Å². The fraction of sp³-hybridized carbons (Fsp3) is 0.462. The van der Waals surface area contributed by atoms with Gasteiger partial charge < -0.3 is 19.9 Å². The number of fused-ring (bicyclic) bond motifs is 2. The van der Waals surface area contributed by atoms with E-state index in [4.69, 9.17) is 14.7 Å². The third kappa shape index (κ3) is 4.92. The Bertz CT molecular complexity index is 1210. The van der Waals surface area contributed by atoms with E-state index in [2.05, 4.69) is 32.2 Å². The maximum absolute atomic E-state index is 13.2. The molecule has 1 saturated heterocycles. The van der Waals surface area contributed by atoms with Crippen molar-refractivity contribution in [1.29, 1.82) is 0 Å². The predicted molar refractivity (Wildman–Crippen MR) is 137 cm³/mol. The van der Waals surface area contributed by atoms with Gasteiger partial charge in [-0.05, 0) is 31.5 Å². The van der Waals surface area contributed by atoms with Crippen molar-refractivity contribution in [2.24, 2.45) is 0 Å². The average molecular weight is 476 g/mol. The summed E-state index contributed by atoms with van der Waals surface area (Å²) in [6.45, 7) is 10.3. The van der Waals surface area contributed by atoms with E-state index < -0.39 is 0 Å². The van der Waals surface area contributed by atoms with Crippen molar-refractivity contribution in [3.05, 3.63) is 53.3 Å². The SMILES string of the molecule is COCCN1CCN(c2nc(NCc3cnc4ccccc4c3)c3c(n2)C(=O)N(C(C)C)C3)CC1. The Balaban J connectivity index is 1.39. The largest absolute Gasteiger partial charge is 0.383 e. The molecule has 5 rings (SSSR count). The number of para-hydroxylation sites is 1. The molecular formula is C26H33N7O2. The zero-order valence-electron chi connectivity index (χ0n) is 20.7. The van der Waals surface area contributed by atoms with E-state index >= 15 is 0 Å². The Morgan fingerprint density at radius 2 is 1.91 bits per heavy atom. The normalized spacial score (nSPS) is 16.4. The highest BCUT2D eigenvalue weighted by Crippen LogP contribution is 2.31. The second-order valence-corrected chi connectivity index (χ2v) is 9.44. The van der Waals surface area contributed by atoms with Crippen LogP contribution in [-0.2, 0) is 17.8 Å². The number of carbonyl (C=O) groups excluding carboxylic acids is 1. The van der Waals surface area contributed by atoms with Crippen molar-refractivity contribution < 1.29 is 9.53 Å². The molecule has 0 radical (unpaired) electrons. The van der Waals surface area contributed by atoms with E-state index in [0.717, 1.165) is 67.2 Å². The molecule has 1 N–H and O–H groups in total. The van der Waals surface area contributed by atoms with E-state index in [0.29, 0.717) is 24.7 Å². The van der Waals surface area contributed by atoms with Gasteiger partial charge in [-0.2, -0.15) is 4.98 Å². The Morgan fingerprint density at radius 1 is 1.11 bits per heavy atom. The monoisotopic (exact) mass is 475 g/mol. The van der Waals surface area contributed by atoms with Crippen LogP contribution in [0.5, 0.6) is 0 Å². The fourth-order valence-corrected chi connectivity index (χ4v) is 4.67. The first-order chi connectivity index (χ1) is 17.0. The number of rotatable bonds is 8. The molecule has 4 heterocycles. The summed E-state index contributed by atoms with van der Waals surface area (Å²) >= 11 is 0. The first kappa shape index (κ1) is 23.4. The summed E-state index contributed by atoms with van der Waals surface area (Å²) in [6, 6.07) is 10.3. The minimum Gasteiger partial charge on any atom is -0.383 e. The molecule has 1 amide bonds. The number of hydrogen-bond acceptors (Lipinski definition) is 8. The number of methoxy groups -OCH3 is 1. The van der Waals surface area contributed by atoms with E-state index in [9.17, 15) is 4.79 Å². The number of ether oxygens (including phenoxy) is 1. The lowest BCUT2D eigenvalue weighted by Crippen LogP contribution is -2.48. The zero-order chi connectivity index (χ0) is 24.4. The number of nitrogens with one attached hydrogen (secondary N) is 1. The molecule has 2 aliphatic heterocycles. The van der Waals surface area contributed by atoms with Gasteiger partial charge in [0.15, 0.2) is 0 Å². The topological polar surface area (TPSA) is 86.7 Å². The van der Waals surface area contributed by atoms with E-state index in [-0.39, 0.29) is 11.9 Å². The molecule has 0 atom stereocenters. The molecule has 3 aromatic rings. The molecule has 9 heteroatoms. The molecule has 35 heavy (non-hydrogen) atoms. The summed E-state index contributed by atoms with van der Waals surface area (Å²) in [5.74, 6) is 1.33. The first-order valence-corrected chi connectivity index (χ1v) is 12.3. The van der Waals surface area contributed by atoms with Crippen molar-refractivity contribution in [2.45, 2.75) is 33.0 Å². The number of hydrogen-bond donors (Lipinski definition) is 1. The third-order valence-electron chi connectivity index (χ3n) is 6.78. The number of anilines is 2. The Kier molecular flexibility index (Phi) is 6.79.